The van der Waals surface area contributed by atoms with Crippen LogP contribution in [0.5, 0.6) is 0 Å². The zero-order valence-corrected chi connectivity index (χ0v) is 35.4. The van der Waals surface area contributed by atoms with Gasteiger partial charge in [-0.2, -0.15) is 0 Å². The summed E-state index contributed by atoms with van der Waals surface area (Å²) in [7, 11) is 0. The van der Waals surface area contributed by atoms with Crippen LogP contribution in [0.1, 0.15) is 47.9 Å². The van der Waals surface area contributed by atoms with E-state index in [0.717, 1.165) is 27.6 Å². The van der Waals surface area contributed by atoms with Crippen molar-refractivity contribution in [3.63, 3.8) is 0 Å². The molecule has 2 aromatic heterocycles. The summed E-state index contributed by atoms with van der Waals surface area (Å²) in [6.07, 6.45) is 0. The number of fused-ring (bicyclic) bond motifs is 18. The molecular formula is C57H39BN2OS. The number of hydrogen-bond acceptors (Lipinski definition) is 4. The van der Waals surface area contributed by atoms with Crippen LogP contribution in [0.2, 0.25) is 0 Å². The number of furan rings is 1. The summed E-state index contributed by atoms with van der Waals surface area (Å²) < 4.78 is 8.14. The Bertz CT molecular complexity index is 3500. The molecule has 0 amide bonds. The Morgan fingerprint density at radius 2 is 1.15 bits per heavy atom. The van der Waals surface area contributed by atoms with E-state index in [1.165, 1.54) is 93.5 Å². The lowest BCUT2D eigenvalue weighted by molar-refractivity contribution is 0.590. The van der Waals surface area contributed by atoms with E-state index in [1.807, 2.05) is 11.3 Å². The maximum atomic E-state index is 6.76. The van der Waals surface area contributed by atoms with Crippen LogP contribution >= 0.6 is 11.3 Å². The molecule has 0 saturated heterocycles. The fourth-order valence-electron chi connectivity index (χ4n) is 11.6. The number of benzene rings is 8. The number of para-hydroxylation sites is 3. The third kappa shape index (κ3) is 4.26. The molecule has 0 bridgehead atoms. The first kappa shape index (κ1) is 34.6. The molecule has 8 aromatic carbocycles. The molecule has 292 valence electrons. The molecule has 0 fully saturated rings. The fraction of sp³-hybridized carbons (Fsp3) is 0.0877. The van der Waals surface area contributed by atoms with Crippen molar-refractivity contribution in [2.75, 3.05) is 9.80 Å². The molecule has 2 aliphatic carbocycles. The van der Waals surface area contributed by atoms with Crippen LogP contribution in [0.4, 0.5) is 34.1 Å². The van der Waals surface area contributed by atoms with Gasteiger partial charge in [0.15, 0.2) is 0 Å². The number of thiophene rings is 1. The first-order valence-electron chi connectivity index (χ1n) is 21.7. The Labute approximate surface area is 365 Å². The van der Waals surface area contributed by atoms with Crippen LogP contribution in [-0.2, 0) is 10.8 Å². The molecule has 2 aliphatic heterocycles. The summed E-state index contributed by atoms with van der Waals surface area (Å²) in [5, 5.41) is 2.32. The van der Waals surface area contributed by atoms with Gasteiger partial charge in [-0.05, 0) is 116 Å². The van der Waals surface area contributed by atoms with E-state index in [1.54, 1.807) is 0 Å². The number of nitrogens with zero attached hydrogens (tertiary/aromatic N) is 2. The maximum absolute atomic E-state index is 6.76. The lowest BCUT2D eigenvalue weighted by Gasteiger charge is -2.43. The molecule has 4 aliphatic rings. The SMILES string of the molecule is CC(C)(C)c1ccc2c(c1)N(c1ccccc1)c1cccc3c1B2c1sc2c(c1N3c1ccccc1)-c1cc3oc4ccccc4c3cc1C21c2ccccc2-c2ccccc21. The number of rotatable bonds is 2. The Balaban J connectivity index is 1.16. The van der Waals surface area contributed by atoms with Crippen molar-refractivity contribution in [1.29, 1.82) is 0 Å². The Morgan fingerprint density at radius 1 is 0.516 bits per heavy atom. The zero-order chi connectivity index (χ0) is 41.1. The molecule has 0 atom stereocenters. The van der Waals surface area contributed by atoms with E-state index in [2.05, 4.69) is 213 Å². The van der Waals surface area contributed by atoms with Gasteiger partial charge in [-0.1, -0.05) is 142 Å². The molecule has 0 saturated carbocycles. The molecule has 1 spiro atoms. The Kier molecular flexibility index (Phi) is 6.73. The molecule has 0 unspecified atom stereocenters. The van der Waals surface area contributed by atoms with Crippen molar-refractivity contribution in [2.24, 2.45) is 0 Å². The van der Waals surface area contributed by atoms with Gasteiger partial charge in [0.2, 0.25) is 0 Å². The highest BCUT2D eigenvalue weighted by atomic mass is 32.1. The molecule has 5 heteroatoms. The highest BCUT2D eigenvalue weighted by Crippen LogP contribution is 2.67. The van der Waals surface area contributed by atoms with E-state index >= 15 is 0 Å². The average Bonchev–Trinajstić information content (AvgIpc) is 4.03. The second-order valence-electron chi connectivity index (χ2n) is 18.4. The minimum Gasteiger partial charge on any atom is -0.456 e. The van der Waals surface area contributed by atoms with Gasteiger partial charge in [-0.3, -0.25) is 0 Å². The zero-order valence-electron chi connectivity index (χ0n) is 34.6. The number of hydrogen-bond donors (Lipinski definition) is 0. The molecule has 0 radical (unpaired) electrons. The molecule has 10 aromatic rings. The molecular weight excluding hydrogens is 772 g/mol. The third-order valence-corrected chi connectivity index (χ3v) is 15.5. The molecule has 14 rings (SSSR count). The second kappa shape index (κ2) is 12.1. The minimum atomic E-state index is -0.520. The van der Waals surface area contributed by atoms with Crippen molar-refractivity contribution >= 4 is 89.8 Å². The van der Waals surface area contributed by atoms with E-state index in [0.29, 0.717) is 0 Å². The lowest BCUT2D eigenvalue weighted by atomic mass is 9.36. The fourth-order valence-corrected chi connectivity index (χ4v) is 13.3. The van der Waals surface area contributed by atoms with Gasteiger partial charge in [-0.25, -0.2) is 0 Å². The molecule has 3 nitrogen and oxygen atoms in total. The largest absolute Gasteiger partial charge is 0.456 e. The van der Waals surface area contributed by atoms with Crippen LogP contribution in [0, 0.1) is 0 Å². The summed E-state index contributed by atoms with van der Waals surface area (Å²) >= 11 is 2.03. The standard InChI is InChI=1S/C57H39BN2OS/c1-56(2,3)34-29-30-45-48(31-34)59(35-17-6-4-7-18-35)46-26-16-27-47-52(46)58(45)55-53(60(47)36-19-8-5-9-20-36)51-41-33-50-40(39-23-12-15-28-49(39)61-50)32-44(41)57(54(51)62-55)42-24-13-10-21-37(42)38-22-11-14-25-43(38)57/h4-33H,1-3H3. The van der Waals surface area contributed by atoms with Crippen LogP contribution in [0.25, 0.3) is 44.2 Å². The Hall–Kier alpha value is -7.08. The minimum absolute atomic E-state index is 0.0121. The van der Waals surface area contributed by atoms with Gasteiger partial charge in [0.1, 0.15) is 11.2 Å². The first-order chi connectivity index (χ1) is 30.4. The van der Waals surface area contributed by atoms with Gasteiger partial charge in [0, 0.05) is 54.4 Å². The summed E-state index contributed by atoms with van der Waals surface area (Å²) in [4.78, 5) is 6.50. The van der Waals surface area contributed by atoms with Crippen molar-refractivity contribution in [1.82, 2.24) is 0 Å². The van der Waals surface area contributed by atoms with Crippen LogP contribution in [-0.4, -0.2) is 6.71 Å². The second-order valence-corrected chi connectivity index (χ2v) is 19.4. The highest BCUT2D eigenvalue weighted by Gasteiger charge is 2.57. The molecule has 0 N–H and O–H groups in total. The van der Waals surface area contributed by atoms with Crippen LogP contribution in [0.15, 0.2) is 186 Å². The predicted molar refractivity (Wildman–Crippen MR) is 261 cm³/mol. The van der Waals surface area contributed by atoms with Gasteiger partial charge >= 0.3 is 0 Å². The normalized spacial score (nSPS) is 14.7. The van der Waals surface area contributed by atoms with Crippen molar-refractivity contribution < 1.29 is 4.42 Å². The summed E-state index contributed by atoms with van der Waals surface area (Å²) in [6, 6.07) is 68.0. The maximum Gasteiger partial charge on any atom is 0.264 e. The quantitative estimate of drug-likeness (QED) is 0.162. The topological polar surface area (TPSA) is 19.6 Å². The van der Waals surface area contributed by atoms with Crippen LogP contribution < -0.4 is 25.5 Å². The third-order valence-electron chi connectivity index (χ3n) is 14.2. The van der Waals surface area contributed by atoms with Crippen molar-refractivity contribution in [3.8, 4) is 22.3 Å². The van der Waals surface area contributed by atoms with E-state index in [9.17, 15) is 0 Å². The van der Waals surface area contributed by atoms with Crippen molar-refractivity contribution in [3.05, 3.63) is 209 Å². The molecule has 4 heterocycles. The summed E-state index contributed by atoms with van der Waals surface area (Å²) in [5.74, 6) is 0. The van der Waals surface area contributed by atoms with Gasteiger partial charge in [-0.15, -0.1) is 11.3 Å². The van der Waals surface area contributed by atoms with E-state index < -0.39 is 5.41 Å². The lowest BCUT2D eigenvalue weighted by Crippen LogP contribution is -2.60. The van der Waals surface area contributed by atoms with E-state index in [-0.39, 0.29) is 12.1 Å². The summed E-state index contributed by atoms with van der Waals surface area (Å²) in [6.45, 7) is 6.98. The smallest absolute Gasteiger partial charge is 0.264 e. The van der Waals surface area contributed by atoms with Crippen LogP contribution in [0.3, 0.4) is 0 Å². The predicted octanol–water partition coefficient (Wildman–Crippen LogP) is 13.4. The molecule has 62 heavy (non-hydrogen) atoms. The van der Waals surface area contributed by atoms with E-state index in [4.69, 9.17) is 4.42 Å². The Morgan fingerprint density at radius 3 is 1.85 bits per heavy atom. The number of anilines is 6. The monoisotopic (exact) mass is 810 g/mol. The highest BCUT2D eigenvalue weighted by molar-refractivity contribution is 7.30. The van der Waals surface area contributed by atoms with Gasteiger partial charge in [0.05, 0.1) is 11.1 Å². The first-order valence-corrected chi connectivity index (χ1v) is 22.5. The average molecular weight is 811 g/mol. The van der Waals surface area contributed by atoms with Gasteiger partial charge < -0.3 is 14.2 Å². The summed E-state index contributed by atoms with van der Waals surface area (Å²) in [5.41, 5.74) is 21.8. The van der Waals surface area contributed by atoms with Gasteiger partial charge in [0.25, 0.3) is 6.71 Å². The van der Waals surface area contributed by atoms with Crippen molar-refractivity contribution in [2.45, 2.75) is 31.6 Å².